The van der Waals surface area contributed by atoms with E-state index in [1.165, 1.54) is 6.26 Å². The van der Waals surface area contributed by atoms with Crippen LogP contribution in [0.25, 0.3) is 11.0 Å². The van der Waals surface area contributed by atoms with E-state index in [1.807, 2.05) is 0 Å². The van der Waals surface area contributed by atoms with E-state index < -0.39 is 12.1 Å². The molecule has 0 radical (unpaired) electrons. The van der Waals surface area contributed by atoms with Crippen LogP contribution in [0, 0.1) is 0 Å². The Hall–Kier alpha value is -1.52. The van der Waals surface area contributed by atoms with Gasteiger partial charge in [0.05, 0.1) is 12.9 Å². The summed E-state index contributed by atoms with van der Waals surface area (Å²) in [5, 5.41) is 10.8. The van der Waals surface area contributed by atoms with E-state index in [0.717, 1.165) is 0 Å². The number of rotatable bonds is 3. The number of benzene rings is 1. The zero-order valence-electron chi connectivity index (χ0n) is 9.14. The van der Waals surface area contributed by atoms with Gasteiger partial charge in [0.15, 0.2) is 6.10 Å². The number of carbonyl (C=O) groups is 1. The highest BCUT2D eigenvalue weighted by Crippen LogP contribution is 2.32. The quantitative estimate of drug-likeness (QED) is 0.856. The van der Waals surface area contributed by atoms with Crippen molar-refractivity contribution in [3.8, 4) is 0 Å². The first-order valence-electron chi connectivity index (χ1n) is 5.15. The molecular weight excluding hydrogens is 244 g/mol. The minimum absolute atomic E-state index is 0.203. The Morgan fingerprint density at radius 1 is 1.53 bits per heavy atom. The number of furan rings is 1. The molecule has 1 atom stereocenters. The van der Waals surface area contributed by atoms with Gasteiger partial charge in [-0.05, 0) is 25.1 Å². The first-order valence-corrected chi connectivity index (χ1v) is 5.53. The number of aliphatic hydroxyl groups is 1. The van der Waals surface area contributed by atoms with E-state index in [4.69, 9.17) is 20.8 Å². The lowest BCUT2D eigenvalue weighted by Crippen LogP contribution is -2.16. The van der Waals surface area contributed by atoms with Crippen LogP contribution in [0.2, 0.25) is 5.02 Å². The molecular formula is C12H11ClO4. The van der Waals surface area contributed by atoms with E-state index in [-0.39, 0.29) is 6.61 Å². The van der Waals surface area contributed by atoms with Crippen molar-refractivity contribution in [2.75, 3.05) is 6.61 Å². The minimum atomic E-state index is -1.40. The summed E-state index contributed by atoms with van der Waals surface area (Å²) in [4.78, 5) is 11.5. The van der Waals surface area contributed by atoms with Crippen molar-refractivity contribution in [3.63, 3.8) is 0 Å². The molecule has 2 rings (SSSR count). The molecule has 0 amide bonds. The summed E-state index contributed by atoms with van der Waals surface area (Å²) < 4.78 is 9.94. The van der Waals surface area contributed by atoms with Crippen molar-refractivity contribution in [1.82, 2.24) is 0 Å². The summed E-state index contributed by atoms with van der Waals surface area (Å²) >= 11 is 5.99. The molecule has 0 fully saturated rings. The van der Waals surface area contributed by atoms with Crippen LogP contribution in [0.4, 0.5) is 0 Å². The van der Waals surface area contributed by atoms with E-state index in [1.54, 1.807) is 25.1 Å². The number of hydrogen-bond donors (Lipinski definition) is 1. The first-order chi connectivity index (χ1) is 8.15. The summed E-state index contributed by atoms with van der Waals surface area (Å²) in [5.41, 5.74) is 0.879. The van der Waals surface area contributed by atoms with Crippen LogP contribution in [0.5, 0.6) is 0 Å². The molecule has 1 aromatic heterocycles. The number of esters is 1. The lowest BCUT2D eigenvalue weighted by atomic mass is 10.0. The molecule has 0 aliphatic heterocycles. The second-order valence-corrected chi connectivity index (χ2v) is 3.86. The SMILES string of the molecule is CCOC(=O)C(O)c1c(Cl)ccc2occc12. The van der Waals surface area contributed by atoms with Gasteiger partial charge in [0.1, 0.15) is 5.58 Å². The first kappa shape index (κ1) is 12.0. The van der Waals surface area contributed by atoms with Crippen molar-refractivity contribution in [1.29, 1.82) is 0 Å². The Bertz CT molecular complexity index is 546. The molecule has 0 bridgehead atoms. The van der Waals surface area contributed by atoms with Crippen LogP contribution in [0.15, 0.2) is 28.9 Å². The fraction of sp³-hybridized carbons (Fsp3) is 0.250. The zero-order chi connectivity index (χ0) is 12.4. The third-order valence-electron chi connectivity index (χ3n) is 2.41. The number of aliphatic hydroxyl groups excluding tert-OH is 1. The van der Waals surface area contributed by atoms with Gasteiger partial charge in [0, 0.05) is 16.0 Å². The average Bonchev–Trinajstić information content (AvgIpc) is 2.76. The third-order valence-corrected chi connectivity index (χ3v) is 2.74. The molecule has 0 spiro atoms. The Labute approximate surface area is 103 Å². The van der Waals surface area contributed by atoms with Crippen molar-refractivity contribution >= 4 is 28.5 Å². The Morgan fingerprint density at radius 3 is 3.00 bits per heavy atom. The molecule has 0 saturated heterocycles. The van der Waals surface area contributed by atoms with Crippen LogP contribution in [-0.4, -0.2) is 17.7 Å². The minimum Gasteiger partial charge on any atom is -0.464 e. The van der Waals surface area contributed by atoms with Crippen LogP contribution < -0.4 is 0 Å². The monoisotopic (exact) mass is 254 g/mol. The molecule has 0 aliphatic rings. The Morgan fingerprint density at radius 2 is 2.29 bits per heavy atom. The molecule has 17 heavy (non-hydrogen) atoms. The van der Waals surface area contributed by atoms with E-state index >= 15 is 0 Å². The second-order valence-electron chi connectivity index (χ2n) is 3.45. The molecule has 0 aliphatic carbocycles. The molecule has 5 heteroatoms. The van der Waals surface area contributed by atoms with Gasteiger partial charge in [-0.1, -0.05) is 11.6 Å². The van der Waals surface area contributed by atoms with Gasteiger partial charge in [-0.25, -0.2) is 4.79 Å². The van der Waals surface area contributed by atoms with Gasteiger partial charge in [0.25, 0.3) is 0 Å². The maximum atomic E-state index is 11.5. The molecule has 0 saturated carbocycles. The molecule has 2 aromatic rings. The molecule has 90 valence electrons. The summed E-state index contributed by atoms with van der Waals surface area (Å²) in [7, 11) is 0. The number of carbonyl (C=O) groups excluding carboxylic acids is 1. The van der Waals surface area contributed by atoms with Crippen LogP contribution in [0.1, 0.15) is 18.6 Å². The third kappa shape index (κ3) is 2.14. The molecule has 4 nitrogen and oxygen atoms in total. The number of ether oxygens (including phenoxy) is 1. The number of halogens is 1. The van der Waals surface area contributed by atoms with Gasteiger partial charge < -0.3 is 14.3 Å². The second kappa shape index (κ2) is 4.77. The van der Waals surface area contributed by atoms with Crippen molar-refractivity contribution < 1.29 is 19.1 Å². The highest BCUT2D eigenvalue weighted by Gasteiger charge is 2.24. The maximum absolute atomic E-state index is 11.5. The zero-order valence-corrected chi connectivity index (χ0v) is 9.90. The number of fused-ring (bicyclic) bond motifs is 1. The highest BCUT2D eigenvalue weighted by atomic mass is 35.5. The molecule has 1 aromatic carbocycles. The maximum Gasteiger partial charge on any atom is 0.339 e. The lowest BCUT2D eigenvalue weighted by Gasteiger charge is -2.12. The van der Waals surface area contributed by atoms with E-state index in [2.05, 4.69) is 0 Å². The Kier molecular flexibility index (Phi) is 3.36. The van der Waals surface area contributed by atoms with Crippen molar-refractivity contribution in [2.45, 2.75) is 13.0 Å². The summed E-state index contributed by atoms with van der Waals surface area (Å²) in [6.07, 6.45) is 0.0753. The predicted molar refractivity (Wildman–Crippen MR) is 62.8 cm³/mol. The average molecular weight is 255 g/mol. The van der Waals surface area contributed by atoms with E-state index in [0.29, 0.717) is 21.6 Å². The van der Waals surface area contributed by atoms with Crippen molar-refractivity contribution in [3.05, 3.63) is 35.0 Å². The topological polar surface area (TPSA) is 59.7 Å². The number of hydrogen-bond acceptors (Lipinski definition) is 4. The smallest absolute Gasteiger partial charge is 0.339 e. The van der Waals surface area contributed by atoms with Gasteiger partial charge in [0.2, 0.25) is 0 Å². The van der Waals surface area contributed by atoms with Crippen LogP contribution >= 0.6 is 11.6 Å². The predicted octanol–water partition coefficient (Wildman–Crippen LogP) is 2.68. The fourth-order valence-corrected chi connectivity index (χ4v) is 1.92. The normalized spacial score (nSPS) is 12.6. The highest BCUT2D eigenvalue weighted by molar-refractivity contribution is 6.32. The van der Waals surface area contributed by atoms with Crippen LogP contribution in [0.3, 0.4) is 0 Å². The van der Waals surface area contributed by atoms with Gasteiger partial charge >= 0.3 is 5.97 Å². The molecule has 1 N–H and O–H groups in total. The van der Waals surface area contributed by atoms with E-state index in [9.17, 15) is 9.90 Å². The van der Waals surface area contributed by atoms with Gasteiger partial charge in [-0.15, -0.1) is 0 Å². The molecule has 1 heterocycles. The Balaban J connectivity index is 2.49. The van der Waals surface area contributed by atoms with Gasteiger partial charge in [-0.2, -0.15) is 0 Å². The largest absolute Gasteiger partial charge is 0.464 e. The summed E-state index contributed by atoms with van der Waals surface area (Å²) in [6, 6.07) is 4.91. The van der Waals surface area contributed by atoms with Gasteiger partial charge in [-0.3, -0.25) is 0 Å². The van der Waals surface area contributed by atoms with Crippen molar-refractivity contribution in [2.24, 2.45) is 0 Å². The standard InChI is InChI=1S/C12H11ClO4/c1-2-16-12(15)11(14)10-7-5-6-17-9(7)4-3-8(10)13/h3-6,11,14H,2H2,1H3. The summed E-state index contributed by atoms with van der Waals surface area (Å²) in [6.45, 7) is 1.87. The lowest BCUT2D eigenvalue weighted by molar-refractivity contribution is -0.153. The molecule has 1 unspecified atom stereocenters. The summed E-state index contributed by atoms with van der Waals surface area (Å²) in [5.74, 6) is -0.719. The fourth-order valence-electron chi connectivity index (χ4n) is 1.66. The van der Waals surface area contributed by atoms with Crippen LogP contribution in [-0.2, 0) is 9.53 Å².